The Balaban J connectivity index is 2.35. The van der Waals surface area contributed by atoms with Crippen LogP contribution in [-0.2, 0) is 0 Å². The van der Waals surface area contributed by atoms with Crippen molar-refractivity contribution in [2.75, 3.05) is 7.11 Å². The van der Waals surface area contributed by atoms with Gasteiger partial charge >= 0.3 is 0 Å². The molecule has 0 spiro atoms. The minimum absolute atomic E-state index is 0.0618. The van der Waals surface area contributed by atoms with Crippen LogP contribution in [0.15, 0.2) is 46.6 Å². The van der Waals surface area contributed by atoms with Gasteiger partial charge in [0.2, 0.25) is 5.78 Å². The number of rotatable bonds is 4. The number of carbonyl (C=O) groups is 1. The van der Waals surface area contributed by atoms with Crippen LogP contribution >= 0.6 is 0 Å². The molecule has 0 aliphatic carbocycles. The van der Waals surface area contributed by atoms with E-state index in [9.17, 15) is 9.18 Å². The third-order valence-electron chi connectivity index (χ3n) is 2.60. The highest BCUT2D eigenvalue weighted by molar-refractivity contribution is 6.12. The maximum atomic E-state index is 13.5. The van der Waals surface area contributed by atoms with Crippen molar-refractivity contribution in [1.29, 1.82) is 5.26 Å². The van der Waals surface area contributed by atoms with Crippen molar-refractivity contribution in [3.8, 4) is 11.8 Å². The van der Waals surface area contributed by atoms with E-state index in [1.807, 2.05) is 0 Å². The van der Waals surface area contributed by atoms with E-state index in [0.29, 0.717) is 5.56 Å². The van der Waals surface area contributed by atoms with Gasteiger partial charge in [0.15, 0.2) is 17.3 Å². The molecule has 20 heavy (non-hydrogen) atoms. The summed E-state index contributed by atoms with van der Waals surface area (Å²) in [7, 11) is 1.36. The predicted molar refractivity (Wildman–Crippen MR) is 69.6 cm³/mol. The Morgan fingerprint density at radius 3 is 2.80 bits per heavy atom. The second kappa shape index (κ2) is 5.85. The number of allylic oxidation sites excluding steroid dienone is 1. The molecule has 0 saturated heterocycles. The van der Waals surface area contributed by atoms with Crippen molar-refractivity contribution in [3.05, 3.63) is 59.3 Å². The van der Waals surface area contributed by atoms with Gasteiger partial charge in [-0.2, -0.15) is 5.26 Å². The highest BCUT2D eigenvalue weighted by Gasteiger charge is 2.15. The molecule has 1 heterocycles. The Morgan fingerprint density at radius 2 is 2.25 bits per heavy atom. The molecule has 0 saturated carbocycles. The van der Waals surface area contributed by atoms with Crippen molar-refractivity contribution < 1.29 is 18.3 Å². The highest BCUT2D eigenvalue weighted by Crippen LogP contribution is 2.20. The summed E-state index contributed by atoms with van der Waals surface area (Å²) in [6.07, 6.45) is 2.64. The van der Waals surface area contributed by atoms with Gasteiger partial charge in [-0.15, -0.1) is 0 Å². The lowest BCUT2D eigenvalue weighted by Gasteiger charge is -2.02. The number of hydrogen-bond donors (Lipinski definition) is 0. The monoisotopic (exact) mass is 271 g/mol. The molecule has 0 radical (unpaired) electrons. The normalized spacial score (nSPS) is 10.9. The lowest BCUT2D eigenvalue weighted by molar-refractivity contribution is 0.101. The molecular weight excluding hydrogens is 261 g/mol. The Morgan fingerprint density at radius 1 is 1.45 bits per heavy atom. The van der Waals surface area contributed by atoms with E-state index in [1.54, 1.807) is 18.2 Å². The van der Waals surface area contributed by atoms with E-state index in [4.69, 9.17) is 14.4 Å². The van der Waals surface area contributed by atoms with Crippen LogP contribution < -0.4 is 4.74 Å². The number of hydrogen-bond acceptors (Lipinski definition) is 4. The van der Waals surface area contributed by atoms with Crippen molar-refractivity contribution in [1.82, 2.24) is 0 Å². The average molecular weight is 271 g/mol. The van der Waals surface area contributed by atoms with E-state index < -0.39 is 11.6 Å². The fourth-order valence-corrected chi connectivity index (χ4v) is 1.63. The van der Waals surface area contributed by atoms with Gasteiger partial charge in [0.1, 0.15) is 11.6 Å². The molecule has 0 aliphatic rings. The summed E-state index contributed by atoms with van der Waals surface area (Å²) >= 11 is 0. The predicted octanol–water partition coefficient (Wildman–Crippen LogP) is 3.22. The van der Waals surface area contributed by atoms with E-state index in [1.165, 1.54) is 37.6 Å². The molecule has 4 nitrogen and oxygen atoms in total. The summed E-state index contributed by atoms with van der Waals surface area (Å²) in [4.78, 5) is 11.9. The first kappa shape index (κ1) is 13.6. The van der Waals surface area contributed by atoms with Gasteiger partial charge in [0.05, 0.1) is 13.4 Å². The third kappa shape index (κ3) is 2.75. The number of Topliss-reactive ketones (excluding diaryl/α,β-unsaturated/α-hetero) is 1. The molecule has 0 aliphatic heterocycles. The molecule has 100 valence electrons. The van der Waals surface area contributed by atoms with Gasteiger partial charge < -0.3 is 9.15 Å². The van der Waals surface area contributed by atoms with E-state index in [0.717, 1.165) is 0 Å². The maximum absolute atomic E-state index is 13.5. The van der Waals surface area contributed by atoms with Crippen LogP contribution in [-0.4, -0.2) is 12.9 Å². The first-order chi connectivity index (χ1) is 9.65. The number of methoxy groups -OCH3 is 1. The number of carbonyl (C=O) groups excluding carboxylic acids is 1. The number of furan rings is 1. The second-order valence-corrected chi connectivity index (χ2v) is 3.87. The number of halogens is 1. The summed E-state index contributed by atoms with van der Waals surface area (Å²) in [6, 6.07) is 8.96. The van der Waals surface area contributed by atoms with E-state index in [2.05, 4.69) is 0 Å². The minimum atomic E-state index is -0.566. The number of ether oxygens (including phenoxy) is 1. The Labute approximate surface area is 114 Å². The van der Waals surface area contributed by atoms with Crippen molar-refractivity contribution in [2.24, 2.45) is 0 Å². The van der Waals surface area contributed by atoms with Crippen molar-refractivity contribution >= 4 is 11.9 Å². The fraction of sp³-hybridized carbons (Fsp3) is 0.0667. The molecule has 5 heteroatoms. The Hall–Kier alpha value is -2.87. The Kier molecular flexibility index (Phi) is 3.96. The van der Waals surface area contributed by atoms with Crippen molar-refractivity contribution in [3.63, 3.8) is 0 Å². The largest absolute Gasteiger partial charge is 0.494 e. The molecule has 0 amide bonds. The lowest BCUT2D eigenvalue weighted by atomic mass is 10.1. The number of ketones is 1. The molecule has 0 bridgehead atoms. The van der Waals surface area contributed by atoms with Crippen LogP contribution in [0.25, 0.3) is 6.08 Å². The molecule has 1 aromatic carbocycles. The lowest BCUT2D eigenvalue weighted by Crippen LogP contribution is -2.00. The van der Waals surface area contributed by atoms with Gasteiger partial charge in [0.25, 0.3) is 0 Å². The Bertz CT molecular complexity index is 696. The zero-order valence-corrected chi connectivity index (χ0v) is 10.6. The maximum Gasteiger partial charge on any atom is 0.238 e. The SMILES string of the molecule is COc1ccc(/C=C(\C#N)C(=O)c2ccco2)cc1F. The first-order valence-electron chi connectivity index (χ1n) is 5.69. The van der Waals surface area contributed by atoms with Crippen LogP contribution in [0.3, 0.4) is 0 Å². The molecule has 2 aromatic rings. The number of nitriles is 1. The van der Waals surface area contributed by atoms with Crippen LogP contribution in [0.2, 0.25) is 0 Å². The van der Waals surface area contributed by atoms with Gasteiger partial charge in [-0.25, -0.2) is 4.39 Å². The highest BCUT2D eigenvalue weighted by atomic mass is 19.1. The van der Waals surface area contributed by atoms with Gasteiger partial charge in [-0.1, -0.05) is 6.07 Å². The second-order valence-electron chi connectivity index (χ2n) is 3.87. The van der Waals surface area contributed by atoms with Gasteiger partial charge in [-0.05, 0) is 35.9 Å². The van der Waals surface area contributed by atoms with Gasteiger partial charge in [-0.3, -0.25) is 4.79 Å². The summed E-state index contributed by atoms with van der Waals surface area (Å²) in [5.74, 6) is -0.956. The summed E-state index contributed by atoms with van der Waals surface area (Å²) in [6.45, 7) is 0. The van der Waals surface area contributed by atoms with E-state index in [-0.39, 0.29) is 17.1 Å². The quantitative estimate of drug-likeness (QED) is 0.486. The third-order valence-corrected chi connectivity index (χ3v) is 2.60. The van der Waals surface area contributed by atoms with E-state index >= 15 is 0 Å². The summed E-state index contributed by atoms with van der Waals surface area (Å²) in [5.41, 5.74) is 0.254. The minimum Gasteiger partial charge on any atom is -0.494 e. The molecule has 0 fully saturated rings. The number of benzene rings is 1. The smallest absolute Gasteiger partial charge is 0.238 e. The first-order valence-corrected chi connectivity index (χ1v) is 5.69. The van der Waals surface area contributed by atoms with Crippen LogP contribution in [0.1, 0.15) is 16.1 Å². The fourth-order valence-electron chi connectivity index (χ4n) is 1.63. The standard InChI is InChI=1S/C15H10FNO3/c1-19-13-5-4-10(8-12(13)16)7-11(9-17)15(18)14-3-2-6-20-14/h2-8H,1H3/b11-7+. The average Bonchev–Trinajstić information content (AvgIpc) is 2.98. The molecule has 1 aromatic heterocycles. The van der Waals surface area contributed by atoms with Gasteiger partial charge in [0, 0.05) is 0 Å². The van der Waals surface area contributed by atoms with Crippen molar-refractivity contribution in [2.45, 2.75) is 0 Å². The molecule has 2 rings (SSSR count). The zero-order valence-electron chi connectivity index (χ0n) is 10.6. The summed E-state index contributed by atoms with van der Waals surface area (Å²) < 4.78 is 23.3. The number of nitrogens with zero attached hydrogens (tertiary/aromatic N) is 1. The van der Waals surface area contributed by atoms with Crippen LogP contribution in [0, 0.1) is 17.1 Å². The molecule has 0 atom stereocenters. The summed E-state index contributed by atoms with van der Waals surface area (Å²) in [5, 5.41) is 9.03. The topological polar surface area (TPSA) is 63.2 Å². The zero-order chi connectivity index (χ0) is 14.5. The molecule has 0 unspecified atom stereocenters. The van der Waals surface area contributed by atoms with Crippen LogP contribution in [0.4, 0.5) is 4.39 Å². The van der Waals surface area contributed by atoms with Crippen LogP contribution in [0.5, 0.6) is 5.75 Å². The molecular formula is C15H10FNO3. The molecule has 0 N–H and O–H groups in total.